The summed E-state index contributed by atoms with van der Waals surface area (Å²) in [6.45, 7) is 5.10. The van der Waals surface area contributed by atoms with E-state index in [0.717, 1.165) is 12.1 Å². The smallest absolute Gasteiger partial charge is 0.262 e. The molecule has 0 aliphatic rings. The van der Waals surface area contributed by atoms with Gasteiger partial charge in [0.05, 0.1) is 5.02 Å². The number of hydrogen-bond donors (Lipinski definition) is 1. The van der Waals surface area contributed by atoms with Crippen LogP contribution in [0.5, 0.6) is 5.75 Å². The third-order valence-electron chi connectivity index (χ3n) is 2.73. The molecule has 0 aliphatic carbocycles. The van der Waals surface area contributed by atoms with Gasteiger partial charge in [0.1, 0.15) is 5.75 Å². The van der Waals surface area contributed by atoms with Crippen LogP contribution in [0.3, 0.4) is 0 Å². The molecule has 0 heterocycles. The van der Waals surface area contributed by atoms with Gasteiger partial charge in [-0.15, -0.1) is 0 Å². The maximum absolute atomic E-state index is 11.9. The summed E-state index contributed by atoms with van der Waals surface area (Å²) in [5.74, 6) is 0.380. The van der Waals surface area contributed by atoms with Crippen molar-refractivity contribution >= 4 is 29.1 Å². The molecule has 0 spiro atoms. The second-order valence-electron chi connectivity index (χ2n) is 4.65. The van der Waals surface area contributed by atoms with Crippen molar-refractivity contribution in [1.82, 2.24) is 10.2 Å². The fraction of sp³-hybridized carbons (Fsp3) is 0.500. The SMILES string of the molecule is CCNCc1cc(Cl)cc(Cl)c1OC(C)C(=O)N(C)C. The van der Waals surface area contributed by atoms with Crippen molar-refractivity contribution < 1.29 is 9.53 Å². The summed E-state index contributed by atoms with van der Waals surface area (Å²) in [4.78, 5) is 13.4. The largest absolute Gasteiger partial charge is 0.479 e. The number of halogens is 2. The Morgan fingerprint density at radius 2 is 2.05 bits per heavy atom. The lowest BCUT2D eigenvalue weighted by Crippen LogP contribution is -2.35. The van der Waals surface area contributed by atoms with Crippen LogP contribution in [0.2, 0.25) is 10.0 Å². The molecule has 1 N–H and O–H groups in total. The van der Waals surface area contributed by atoms with Crippen LogP contribution in [0.25, 0.3) is 0 Å². The minimum atomic E-state index is -0.607. The zero-order valence-electron chi connectivity index (χ0n) is 12.2. The summed E-state index contributed by atoms with van der Waals surface area (Å²) in [7, 11) is 3.37. The van der Waals surface area contributed by atoms with Crippen molar-refractivity contribution in [2.75, 3.05) is 20.6 Å². The molecule has 20 heavy (non-hydrogen) atoms. The van der Waals surface area contributed by atoms with E-state index in [-0.39, 0.29) is 5.91 Å². The van der Waals surface area contributed by atoms with Crippen LogP contribution in [0, 0.1) is 0 Å². The first kappa shape index (κ1) is 17.1. The number of amides is 1. The molecule has 0 fully saturated rings. The van der Waals surface area contributed by atoms with E-state index in [0.29, 0.717) is 22.3 Å². The molecule has 4 nitrogen and oxygen atoms in total. The van der Waals surface area contributed by atoms with E-state index >= 15 is 0 Å². The highest BCUT2D eigenvalue weighted by molar-refractivity contribution is 6.35. The number of nitrogens with zero attached hydrogens (tertiary/aromatic N) is 1. The number of carbonyl (C=O) groups excluding carboxylic acids is 1. The van der Waals surface area contributed by atoms with Gasteiger partial charge in [-0.05, 0) is 25.6 Å². The molecule has 0 aliphatic heterocycles. The van der Waals surface area contributed by atoms with Crippen molar-refractivity contribution in [2.45, 2.75) is 26.5 Å². The first-order chi connectivity index (χ1) is 9.36. The fourth-order valence-electron chi connectivity index (χ4n) is 1.73. The Hall–Kier alpha value is -0.970. The van der Waals surface area contributed by atoms with Gasteiger partial charge in [0.25, 0.3) is 5.91 Å². The van der Waals surface area contributed by atoms with E-state index in [9.17, 15) is 4.79 Å². The summed E-state index contributed by atoms with van der Waals surface area (Å²) in [5, 5.41) is 4.14. The highest BCUT2D eigenvalue weighted by Crippen LogP contribution is 2.33. The van der Waals surface area contributed by atoms with E-state index < -0.39 is 6.10 Å². The minimum absolute atomic E-state index is 0.120. The second kappa shape index (κ2) is 7.72. The highest BCUT2D eigenvalue weighted by atomic mass is 35.5. The minimum Gasteiger partial charge on any atom is -0.479 e. The zero-order valence-corrected chi connectivity index (χ0v) is 13.7. The Morgan fingerprint density at radius 3 is 2.60 bits per heavy atom. The van der Waals surface area contributed by atoms with Gasteiger partial charge in [-0.3, -0.25) is 4.79 Å². The van der Waals surface area contributed by atoms with E-state index in [4.69, 9.17) is 27.9 Å². The molecule has 6 heteroatoms. The van der Waals surface area contributed by atoms with Gasteiger partial charge in [0.15, 0.2) is 6.10 Å². The van der Waals surface area contributed by atoms with Crippen LogP contribution >= 0.6 is 23.2 Å². The van der Waals surface area contributed by atoms with E-state index in [2.05, 4.69) is 5.32 Å². The fourth-order valence-corrected chi connectivity index (χ4v) is 2.31. The van der Waals surface area contributed by atoms with Gasteiger partial charge in [-0.2, -0.15) is 0 Å². The van der Waals surface area contributed by atoms with Crippen molar-refractivity contribution in [3.63, 3.8) is 0 Å². The Morgan fingerprint density at radius 1 is 1.40 bits per heavy atom. The first-order valence-electron chi connectivity index (χ1n) is 6.43. The Kier molecular flexibility index (Phi) is 6.59. The predicted molar refractivity (Wildman–Crippen MR) is 82.6 cm³/mol. The number of nitrogens with one attached hydrogen (secondary N) is 1. The van der Waals surface area contributed by atoms with Crippen LogP contribution in [0.4, 0.5) is 0 Å². The lowest BCUT2D eigenvalue weighted by Gasteiger charge is -2.21. The summed E-state index contributed by atoms with van der Waals surface area (Å²) in [6.07, 6.45) is -0.607. The van der Waals surface area contributed by atoms with E-state index in [1.165, 1.54) is 4.90 Å². The number of likely N-dealkylation sites (N-methyl/N-ethyl adjacent to an activating group) is 1. The second-order valence-corrected chi connectivity index (χ2v) is 5.49. The molecule has 0 saturated heterocycles. The van der Waals surface area contributed by atoms with Crippen LogP contribution in [0.15, 0.2) is 12.1 Å². The third kappa shape index (κ3) is 4.54. The van der Waals surface area contributed by atoms with E-state index in [1.54, 1.807) is 33.2 Å². The van der Waals surface area contributed by atoms with Crippen LogP contribution in [0.1, 0.15) is 19.4 Å². The molecule has 1 aromatic rings. The lowest BCUT2D eigenvalue weighted by molar-refractivity contribution is -0.135. The van der Waals surface area contributed by atoms with E-state index in [1.807, 2.05) is 6.92 Å². The van der Waals surface area contributed by atoms with Gasteiger partial charge in [-0.25, -0.2) is 0 Å². The van der Waals surface area contributed by atoms with Gasteiger partial charge < -0.3 is 15.0 Å². The maximum Gasteiger partial charge on any atom is 0.262 e. The number of rotatable bonds is 6. The van der Waals surface area contributed by atoms with Gasteiger partial charge in [0, 0.05) is 31.2 Å². The van der Waals surface area contributed by atoms with Crippen LogP contribution in [-0.2, 0) is 11.3 Å². The molecule has 1 atom stereocenters. The molecular formula is C14H20Cl2N2O2. The molecule has 1 aromatic carbocycles. The number of benzene rings is 1. The highest BCUT2D eigenvalue weighted by Gasteiger charge is 2.20. The van der Waals surface area contributed by atoms with Crippen molar-refractivity contribution in [3.8, 4) is 5.75 Å². The molecule has 1 rings (SSSR count). The van der Waals surface area contributed by atoms with Gasteiger partial charge in [-0.1, -0.05) is 30.1 Å². The molecule has 1 amide bonds. The van der Waals surface area contributed by atoms with Crippen LogP contribution in [-0.4, -0.2) is 37.6 Å². The monoisotopic (exact) mass is 318 g/mol. The number of carbonyl (C=O) groups is 1. The van der Waals surface area contributed by atoms with Gasteiger partial charge >= 0.3 is 0 Å². The molecule has 0 aromatic heterocycles. The van der Waals surface area contributed by atoms with Crippen molar-refractivity contribution in [2.24, 2.45) is 0 Å². The average molecular weight is 319 g/mol. The summed E-state index contributed by atoms with van der Waals surface area (Å²) >= 11 is 12.2. The zero-order chi connectivity index (χ0) is 15.3. The molecule has 1 unspecified atom stereocenters. The number of hydrogen-bond acceptors (Lipinski definition) is 3. The molecule has 112 valence electrons. The van der Waals surface area contributed by atoms with Crippen molar-refractivity contribution in [3.05, 3.63) is 27.7 Å². The predicted octanol–water partition coefficient (Wildman–Crippen LogP) is 2.96. The Balaban J connectivity index is 3.00. The van der Waals surface area contributed by atoms with Crippen LogP contribution < -0.4 is 10.1 Å². The summed E-state index contributed by atoms with van der Waals surface area (Å²) in [5.41, 5.74) is 0.836. The Labute approximate surface area is 130 Å². The summed E-state index contributed by atoms with van der Waals surface area (Å²) in [6, 6.07) is 3.40. The third-order valence-corrected chi connectivity index (χ3v) is 3.23. The average Bonchev–Trinajstić information content (AvgIpc) is 2.38. The first-order valence-corrected chi connectivity index (χ1v) is 7.18. The Bertz CT molecular complexity index is 478. The standard InChI is InChI=1S/C14H20Cl2N2O2/c1-5-17-8-10-6-11(15)7-12(16)13(10)20-9(2)14(19)18(3)4/h6-7,9,17H,5,8H2,1-4H3. The topological polar surface area (TPSA) is 41.6 Å². The quantitative estimate of drug-likeness (QED) is 0.876. The normalized spacial score (nSPS) is 12.1. The molecular weight excluding hydrogens is 299 g/mol. The molecule has 0 radical (unpaired) electrons. The van der Waals surface area contributed by atoms with Crippen molar-refractivity contribution in [1.29, 1.82) is 0 Å². The molecule has 0 saturated carbocycles. The summed E-state index contributed by atoms with van der Waals surface area (Å²) < 4.78 is 5.73. The molecule has 0 bridgehead atoms. The number of ether oxygens (including phenoxy) is 1. The lowest BCUT2D eigenvalue weighted by atomic mass is 10.2. The van der Waals surface area contributed by atoms with Gasteiger partial charge in [0.2, 0.25) is 0 Å². The maximum atomic E-state index is 11.9.